The first-order valence-electron chi connectivity index (χ1n) is 2.48. The Hall–Kier alpha value is 1.79. The van der Waals surface area contributed by atoms with Gasteiger partial charge in [-0.2, -0.15) is 0 Å². The summed E-state index contributed by atoms with van der Waals surface area (Å²) in [5.74, 6) is 0. The minimum Gasteiger partial charge on any atom is -0.779 e. The van der Waals surface area contributed by atoms with Crippen LogP contribution in [-0.2, 0) is 9.09 Å². The third-order valence-electron chi connectivity index (χ3n) is 0.776. The topological polar surface area (TPSA) is 49.4 Å². The maximum atomic E-state index is 10.4. The van der Waals surface area contributed by atoms with Crippen molar-refractivity contribution in [3.05, 3.63) is 0 Å². The van der Waals surface area contributed by atoms with Crippen LogP contribution in [0.1, 0.15) is 13.3 Å². The second kappa shape index (κ2) is 6.49. The van der Waals surface area contributed by atoms with Crippen molar-refractivity contribution in [2.24, 2.45) is 0 Å². The van der Waals surface area contributed by atoms with E-state index in [1.807, 2.05) is 0 Å². The summed E-state index contributed by atoms with van der Waals surface area (Å²) in [7, 11) is -2.24. The number of rotatable bonds is 3. The van der Waals surface area contributed by atoms with Crippen LogP contribution in [0.4, 0.5) is 0 Å². The Labute approximate surface area is 98.1 Å². The average Bonchev–Trinajstić information content (AvgIpc) is 1.67. The zero-order valence-electron chi connectivity index (χ0n) is 6.09. The maximum Gasteiger partial charge on any atom is 1.00 e. The maximum absolute atomic E-state index is 10.4. The fourth-order valence-corrected chi connectivity index (χ4v) is 1.10. The molecule has 0 fully saturated rings. The molecule has 0 aliphatic carbocycles. The van der Waals surface area contributed by atoms with Crippen molar-refractivity contribution in [2.45, 2.75) is 13.3 Å². The van der Waals surface area contributed by atoms with E-state index in [9.17, 15) is 9.46 Å². The molecule has 0 spiro atoms. The van der Waals surface area contributed by atoms with Gasteiger partial charge in [-0.15, -0.1) is 0 Å². The molecule has 0 bridgehead atoms. The zero-order valence-corrected chi connectivity index (χ0v) is 10.1. The number of hydrogen-bond acceptors (Lipinski definition) is 3. The summed E-state index contributed by atoms with van der Waals surface area (Å²) in [4.78, 5) is 10.4. The fourth-order valence-electron chi connectivity index (χ4n) is 0.365. The molecule has 0 heterocycles. The molecule has 0 aliphatic rings. The Morgan fingerprint density at radius 3 is 2.22 bits per heavy atom. The molecular weight excluding hydrogens is 166 g/mol. The summed E-state index contributed by atoms with van der Waals surface area (Å²) < 4.78 is 14.6. The molecule has 0 N–H and O–H groups in total. The second-order valence-corrected chi connectivity index (χ2v) is 3.55. The third kappa shape index (κ3) is 7.69. The summed E-state index contributed by atoms with van der Waals surface area (Å²) in [6, 6.07) is 0. The van der Waals surface area contributed by atoms with E-state index in [1.165, 1.54) is 7.11 Å². The van der Waals surface area contributed by atoms with E-state index in [1.54, 1.807) is 6.92 Å². The van der Waals surface area contributed by atoms with E-state index in [0.717, 1.165) is 0 Å². The first-order chi connectivity index (χ1) is 3.62. The van der Waals surface area contributed by atoms with E-state index < -0.39 is 7.60 Å². The predicted molar refractivity (Wildman–Crippen MR) is 29.8 cm³/mol. The van der Waals surface area contributed by atoms with Crippen LogP contribution in [0.15, 0.2) is 0 Å². The molecule has 9 heavy (non-hydrogen) atoms. The Balaban J connectivity index is 0. The van der Waals surface area contributed by atoms with Crippen molar-refractivity contribution in [2.75, 3.05) is 13.3 Å². The third-order valence-corrected chi connectivity index (χ3v) is 2.33. The Bertz CT molecular complexity index is 106. The van der Waals surface area contributed by atoms with Crippen LogP contribution in [0.5, 0.6) is 0 Å². The second-order valence-electron chi connectivity index (χ2n) is 1.52. The normalized spacial score (nSPS) is 15.9. The van der Waals surface area contributed by atoms with E-state index in [0.29, 0.717) is 6.42 Å². The van der Waals surface area contributed by atoms with Crippen molar-refractivity contribution in [1.29, 1.82) is 0 Å². The standard InChI is InChI=1S/C4H11O3P.K/c1-3-4-8(5,6)7-2;/h3-4H2,1-2H3,(H,5,6);/q;+1/p-1. The summed E-state index contributed by atoms with van der Waals surface area (Å²) >= 11 is 0. The molecule has 3 nitrogen and oxygen atoms in total. The van der Waals surface area contributed by atoms with Gasteiger partial charge in [0.15, 0.2) is 0 Å². The Morgan fingerprint density at radius 2 is 2.11 bits per heavy atom. The SMILES string of the molecule is CCCP(=O)([O-])OC.[K+]. The van der Waals surface area contributed by atoms with Gasteiger partial charge in [0.05, 0.1) is 0 Å². The van der Waals surface area contributed by atoms with Gasteiger partial charge in [-0.1, -0.05) is 6.92 Å². The molecule has 50 valence electrons. The van der Waals surface area contributed by atoms with E-state index in [4.69, 9.17) is 0 Å². The van der Waals surface area contributed by atoms with Gasteiger partial charge in [-0.25, -0.2) is 0 Å². The first kappa shape index (κ1) is 13.4. The molecule has 0 aliphatic heterocycles. The van der Waals surface area contributed by atoms with Gasteiger partial charge in [0, 0.05) is 13.3 Å². The molecule has 0 aromatic rings. The molecule has 0 amide bonds. The minimum atomic E-state index is -3.42. The quantitative estimate of drug-likeness (QED) is 0.356. The van der Waals surface area contributed by atoms with Gasteiger partial charge in [0.1, 0.15) is 7.60 Å². The van der Waals surface area contributed by atoms with Crippen LogP contribution in [0, 0.1) is 0 Å². The van der Waals surface area contributed by atoms with Gasteiger partial charge in [-0.3, -0.25) is 0 Å². The van der Waals surface area contributed by atoms with E-state index >= 15 is 0 Å². The predicted octanol–water partition coefficient (Wildman–Crippen LogP) is -2.40. The van der Waals surface area contributed by atoms with Crippen molar-refractivity contribution >= 4 is 7.60 Å². The fraction of sp³-hybridized carbons (Fsp3) is 1.00. The zero-order chi connectivity index (χ0) is 6.62. The summed E-state index contributed by atoms with van der Waals surface area (Å²) in [6.07, 6.45) is 0.762. The molecule has 5 heteroatoms. The summed E-state index contributed by atoms with van der Waals surface area (Å²) in [5, 5.41) is 0. The molecule has 1 atom stereocenters. The first-order valence-corrected chi connectivity index (χ1v) is 4.21. The minimum absolute atomic E-state index is 0. The van der Waals surface area contributed by atoms with E-state index in [2.05, 4.69) is 4.52 Å². The largest absolute Gasteiger partial charge is 1.00 e. The molecular formula is C4H10KO3P. The Kier molecular flexibility index (Phi) is 9.65. The van der Waals surface area contributed by atoms with Gasteiger partial charge < -0.3 is 14.0 Å². The van der Waals surface area contributed by atoms with Crippen LogP contribution >= 0.6 is 7.60 Å². The Morgan fingerprint density at radius 1 is 1.67 bits per heavy atom. The molecule has 0 radical (unpaired) electrons. The van der Waals surface area contributed by atoms with Crippen LogP contribution in [0.2, 0.25) is 0 Å². The van der Waals surface area contributed by atoms with Gasteiger partial charge >= 0.3 is 51.4 Å². The van der Waals surface area contributed by atoms with Crippen LogP contribution < -0.4 is 56.3 Å². The van der Waals surface area contributed by atoms with Crippen LogP contribution in [-0.4, -0.2) is 13.3 Å². The molecule has 0 aromatic heterocycles. The molecule has 0 rings (SSSR count). The molecule has 0 aromatic carbocycles. The average molecular weight is 176 g/mol. The van der Waals surface area contributed by atoms with Crippen molar-refractivity contribution in [3.8, 4) is 0 Å². The van der Waals surface area contributed by atoms with Crippen LogP contribution in [0.25, 0.3) is 0 Å². The molecule has 1 unspecified atom stereocenters. The smallest absolute Gasteiger partial charge is 0.779 e. The van der Waals surface area contributed by atoms with E-state index in [-0.39, 0.29) is 57.5 Å². The monoisotopic (exact) mass is 176 g/mol. The van der Waals surface area contributed by atoms with Gasteiger partial charge in [0.25, 0.3) is 0 Å². The molecule has 0 saturated carbocycles. The van der Waals surface area contributed by atoms with Gasteiger partial charge in [0.2, 0.25) is 0 Å². The van der Waals surface area contributed by atoms with Crippen molar-refractivity contribution in [1.82, 2.24) is 0 Å². The van der Waals surface area contributed by atoms with Gasteiger partial charge in [-0.05, 0) is 6.42 Å². The molecule has 0 saturated heterocycles. The van der Waals surface area contributed by atoms with Crippen molar-refractivity contribution < 1.29 is 65.4 Å². The van der Waals surface area contributed by atoms with Crippen LogP contribution in [0.3, 0.4) is 0 Å². The summed E-state index contributed by atoms with van der Waals surface area (Å²) in [6.45, 7) is 1.80. The summed E-state index contributed by atoms with van der Waals surface area (Å²) in [5.41, 5.74) is 0. The van der Waals surface area contributed by atoms with Crippen molar-refractivity contribution in [3.63, 3.8) is 0 Å². The number of hydrogen-bond donors (Lipinski definition) is 0.